The number of esters is 1. The molecule has 31 heavy (non-hydrogen) atoms. The number of nitrogens with one attached hydrogen (secondary N) is 1. The third-order valence-electron chi connectivity index (χ3n) is 4.38. The molecular weight excluding hydrogens is 414 g/mol. The highest BCUT2D eigenvalue weighted by molar-refractivity contribution is 7.22. The molecule has 1 amide bonds. The smallest absolute Gasteiger partial charge is 0.337 e. The summed E-state index contributed by atoms with van der Waals surface area (Å²) in [5.41, 5.74) is 1.83. The molecule has 0 aliphatic rings. The Hall–Kier alpha value is -4.22. The van der Waals surface area contributed by atoms with Crippen molar-refractivity contribution in [3.8, 4) is 17.4 Å². The minimum atomic E-state index is -0.568. The Morgan fingerprint density at radius 2 is 1.90 bits per heavy atom. The topological polar surface area (TPSA) is 105 Å². The maximum absolute atomic E-state index is 12.5. The zero-order valence-corrected chi connectivity index (χ0v) is 17.1. The van der Waals surface area contributed by atoms with Crippen LogP contribution in [0, 0.1) is 11.3 Å². The van der Waals surface area contributed by atoms with Crippen molar-refractivity contribution in [3.63, 3.8) is 0 Å². The number of carbonyl (C=O) groups is 2. The largest absolute Gasteiger partial charge is 0.465 e. The predicted molar refractivity (Wildman–Crippen MR) is 117 cm³/mol. The second kappa shape index (κ2) is 8.65. The van der Waals surface area contributed by atoms with Gasteiger partial charge in [-0.2, -0.15) is 5.26 Å². The second-order valence-corrected chi connectivity index (χ2v) is 7.41. The number of benzene rings is 2. The van der Waals surface area contributed by atoms with Crippen LogP contribution in [0.2, 0.25) is 0 Å². The molecule has 0 radical (unpaired) electrons. The maximum Gasteiger partial charge on any atom is 0.337 e. The SMILES string of the molecule is COC(=O)c1ccc(-c2ccc(/C=C(\C#N)C(=O)Nc3nc4ccccc4s3)o2)cc1. The van der Waals surface area contributed by atoms with E-state index in [9.17, 15) is 14.9 Å². The van der Waals surface area contributed by atoms with E-state index in [1.54, 1.807) is 36.4 Å². The Morgan fingerprint density at radius 1 is 1.13 bits per heavy atom. The first-order valence-corrected chi connectivity index (χ1v) is 9.96. The standard InChI is InChI=1S/C23H15N3O4S/c1-29-22(28)15-8-6-14(7-9-15)19-11-10-17(30-19)12-16(13-24)21(27)26-23-25-18-4-2-3-5-20(18)31-23/h2-12H,1H3,(H,25,26,27)/b16-12+. The van der Waals surface area contributed by atoms with E-state index in [1.165, 1.54) is 24.5 Å². The number of aromatic nitrogens is 1. The van der Waals surface area contributed by atoms with Crippen LogP contribution in [-0.2, 0) is 9.53 Å². The summed E-state index contributed by atoms with van der Waals surface area (Å²) in [6, 6.07) is 19.5. The molecule has 2 aromatic heterocycles. The first kappa shape index (κ1) is 20.1. The van der Waals surface area contributed by atoms with Gasteiger partial charge in [-0.3, -0.25) is 10.1 Å². The van der Waals surface area contributed by atoms with Gasteiger partial charge in [0.05, 0.1) is 22.9 Å². The third kappa shape index (κ3) is 4.37. The number of fused-ring (bicyclic) bond motifs is 1. The molecular formula is C23H15N3O4S. The molecule has 0 saturated carbocycles. The highest BCUT2D eigenvalue weighted by Crippen LogP contribution is 2.27. The highest BCUT2D eigenvalue weighted by Gasteiger charge is 2.14. The fraction of sp³-hybridized carbons (Fsp3) is 0.0435. The van der Waals surface area contributed by atoms with Crippen LogP contribution in [0.15, 0.2) is 70.7 Å². The normalized spacial score (nSPS) is 11.2. The number of nitriles is 1. The lowest BCUT2D eigenvalue weighted by molar-refractivity contribution is -0.112. The molecule has 0 fully saturated rings. The number of anilines is 1. The molecule has 8 heteroatoms. The number of amides is 1. The highest BCUT2D eigenvalue weighted by atomic mass is 32.1. The summed E-state index contributed by atoms with van der Waals surface area (Å²) >= 11 is 1.33. The second-order valence-electron chi connectivity index (χ2n) is 6.38. The van der Waals surface area contributed by atoms with Crippen LogP contribution in [0.3, 0.4) is 0 Å². The molecule has 2 heterocycles. The van der Waals surface area contributed by atoms with Crippen molar-refractivity contribution in [2.75, 3.05) is 12.4 Å². The lowest BCUT2D eigenvalue weighted by Gasteiger charge is -2.01. The molecule has 4 aromatic rings. The number of carbonyl (C=O) groups excluding carboxylic acids is 2. The van der Waals surface area contributed by atoms with Crippen molar-refractivity contribution in [1.82, 2.24) is 4.98 Å². The number of furan rings is 1. The summed E-state index contributed by atoms with van der Waals surface area (Å²) < 4.78 is 11.4. The third-order valence-corrected chi connectivity index (χ3v) is 5.34. The van der Waals surface area contributed by atoms with Crippen LogP contribution < -0.4 is 5.32 Å². The number of thiazole rings is 1. The van der Waals surface area contributed by atoms with Crippen molar-refractivity contribution in [3.05, 3.63) is 77.6 Å². The molecule has 0 unspecified atom stereocenters. The quantitative estimate of drug-likeness (QED) is 0.275. The van der Waals surface area contributed by atoms with E-state index >= 15 is 0 Å². The summed E-state index contributed by atoms with van der Waals surface area (Å²) in [5, 5.41) is 12.5. The van der Waals surface area contributed by atoms with E-state index in [4.69, 9.17) is 4.42 Å². The molecule has 0 aliphatic heterocycles. The average molecular weight is 429 g/mol. The molecule has 0 atom stereocenters. The summed E-state index contributed by atoms with van der Waals surface area (Å²) in [5.74, 6) is -0.107. The maximum atomic E-state index is 12.5. The van der Waals surface area contributed by atoms with Gasteiger partial charge in [0.1, 0.15) is 23.2 Å². The minimum absolute atomic E-state index is 0.110. The first-order chi connectivity index (χ1) is 15.1. The van der Waals surface area contributed by atoms with Crippen LogP contribution in [-0.4, -0.2) is 24.0 Å². The number of nitrogens with zero attached hydrogens (tertiary/aromatic N) is 2. The molecule has 0 spiro atoms. The number of methoxy groups -OCH3 is 1. The Labute approximate surface area is 181 Å². The zero-order chi connectivity index (χ0) is 21.8. The molecule has 2 aromatic carbocycles. The van der Waals surface area contributed by atoms with Crippen molar-refractivity contribution < 1.29 is 18.7 Å². The summed E-state index contributed by atoms with van der Waals surface area (Å²) in [6.07, 6.45) is 1.37. The number of para-hydroxylation sites is 1. The first-order valence-electron chi connectivity index (χ1n) is 9.14. The Morgan fingerprint density at radius 3 is 2.61 bits per heavy atom. The van der Waals surface area contributed by atoms with E-state index in [0.29, 0.717) is 22.2 Å². The van der Waals surface area contributed by atoms with E-state index in [1.807, 2.05) is 30.3 Å². The number of hydrogen-bond acceptors (Lipinski definition) is 7. The molecule has 4 rings (SSSR count). The van der Waals surface area contributed by atoms with E-state index < -0.39 is 11.9 Å². The lowest BCUT2D eigenvalue weighted by Crippen LogP contribution is -2.13. The van der Waals surface area contributed by atoms with Gasteiger partial charge in [-0.25, -0.2) is 9.78 Å². The molecule has 0 bridgehead atoms. The van der Waals surface area contributed by atoms with Crippen LogP contribution in [0.5, 0.6) is 0 Å². The summed E-state index contributed by atoms with van der Waals surface area (Å²) in [4.78, 5) is 28.4. The van der Waals surface area contributed by atoms with Crippen molar-refractivity contribution in [1.29, 1.82) is 5.26 Å². The van der Waals surface area contributed by atoms with Gasteiger partial charge in [0.15, 0.2) is 5.13 Å². The summed E-state index contributed by atoms with van der Waals surface area (Å²) in [6.45, 7) is 0. The van der Waals surface area contributed by atoms with E-state index in [2.05, 4.69) is 15.0 Å². The monoisotopic (exact) mass is 429 g/mol. The summed E-state index contributed by atoms with van der Waals surface area (Å²) in [7, 11) is 1.32. The van der Waals surface area contributed by atoms with Crippen LogP contribution in [0.25, 0.3) is 27.6 Å². The predicted octanol–water partition coefficient (Wildman–Crippen LogP) is 4.89. The van der Waals surface area contributed by atoms with Gasteiger partial charge in [0, 0.05) is 11.6 Å². The van der Waals surface area contributed by atoms with Gasteiger partial charge < -0.3 is 9.15 Å². The van der Waals surface area contributed by atoms with Crippen molar-refractivity contribution in [2.45, 2.75) is 0 Å². The van der Waals surface area contributed by atoms with Crippen LogP contribution >= 0.6 is 11.3 Å². The van der Waals surface area contributed by atoms with E-state index in [-0.39, 0.29) is 5.57 Å². The van der Waals surface area contributed by atoms with Crippen LogP contribution in [0.4, 0.5) is 5.13 Å². The lowest BCUT2D eigenvalue weighted by atomic mass is 10.1. The Bertz CT molecular complexity index is 1310. The molecule has 1 N–H and O–H groups in total. The minimum Gasteiger partial charge on any atom is -0.465 e. The number of ether oxygens (including phenoxy) is 1. The molecule has 0 aliphatic carbocycles. The van der Waals surface area contributed by atoms with Gasteiger partial charge in [-0.05, 0) is 36.4 Å². The molecule has 0 saturated heterocycles. The van der Waals surface area contributed by atoms with Gasteiger partial charge >= 0.3 is 5.97 Å². The van der Waals surface area contributed by atoms with Crippen molar-refractivity contribution in [2.24, 2.45) is 0 Å². The van der Waals surface area contributed by atoms with Crippen LogP contribution in [0.1, 0.15) is 16.1 Å². The van der Waals surface area contributed by atoms with Crippen molar-refractivity contribution >= 4 is 44.6 Å². The fourth-order valence-corrected chi connectivity index (χ4v) is 3.72. The van der Waals surface area contributed by atoms with Gasteiger partial charge in [-0.1, -0.05) is 35.6 Å². The Balaban J connectivity index is 1.51. The Kier molecular flexibility index (Phi) is 5.60. The molecule has 152 valence electrons. The van der Waals surface area contributed by atoms with E-state index in [0.717, 1.165) is 15.8 Å². The number of hydrogen-bond donors (Lipinski definition) is 1. The van der Waals surface area contributed by atoms with Gasteiger partial charge in [0.25, 0.3) is 5.91 Å². The average Bonchev–Trinajstić information content (AvgIpc) is 3.43. The number of rotatable bonds is 5. The van der Waals surface area contributed by atoms with Gasteiger partial charge in [-0.15, -0.1) is 0 Å². The molecule has 7 nitrogen and oxygen atoms in total. The van der Waals surface area contributed by atoms with Gasteiger partial charge in [0.2, 0.25) is 0 Å². The zero-order valence-electron chi connectivity index (χ0n) is 16.3. The fourth-order valence-electron chi connectivity index (χ4n) is 2.85.